The molecule has 2 aromatic rings. The van der Waals surface area contributed by atoms with Crippen LogP contribution in [0.1, 0.15) is 31.7 Å². The minimum atomic E-state index is -0.134. The highest BCUT2D eigenvalue weighted by molar-refractivity contribution is 5.79. The molecule has 0 unspecified atom stereocenters. The number of rotatable bonds is 9. The van der Waals surface area contributed by atoms with Crippen molar-refractivity contribution in [1.29, 1.82) is 0 Å². The number of likely N-dealkylation sites (tertiary alicyclic amines) is 1. The Kier molecular flexibility index (Phi) is 8.12. The van der Waals surface area contributed by atoms with Crippen LogP contribution >= 0.6 is 0 Å². The van der Waals surface area contributed by atoms with Crippen LogP contribution in [-0.2, 0) is 16.0 Å². The lowest BCUT2D eigenvalue weighted by molar-refractivity contribution is -0.134. The lowest BCUT2D eigenvalue weighted by Crippen LogP contribution is -2.48. The molecular formula is C24H30N2O4. The first-order valence-electron chi connectivity index (χ1n) is 10.6. The molecule has 0 bridgehead atoms. The number of para-hydroxylation sites is 1. The van der Waals surface area contributed by atoms with Gasteiger partial charge in [0.05, 0.1) is 0 Å². The zero-order chi connectivity index (χ0) is 21.2. The Balaban J connectivity index is 1.33. The van der Waals surface area contributed by atoms with Gasteiger partial charge in [-0.2, -0.15) is 0 Å². The lowest BCUT2D eigenvalue weighted by Gasteiger charge is -2.32. The summed E-state index contributed by atoms with van der Waals surface area (Å²) in [6.45, 7) is 3.40. The van der Waals surface area contributed by atoms with Crippen LogP contribution in [0.3, 0.4) is 0 Å². The monoisotopic (exact) mass is 410 g/mol. The Bertz CT molecular complexity index is 800. The SMILES string of the molecule is CCCc1ccc(OCC(=O)NC2CCN(C(=O)COc3ccccc3)CC2)cc1. The highest BCUT2D eigenvalue weighted by Gasteiger charge is 2.24. The third kappa shape index (κ3) is 6.79. The molecule has 0 aliphatic carbocycles. The molecular weight excluding hydrogens is 380 g/mol. The summed E-state index contributed by atoms with van der Waals surface area (Å²) in [5, 5.41) is 3.00. The smallest absolute Gasteiger partial charge is 0.260 e. The van der Waals surface area contributed by atoms with Crippen LogP contribution in [0.15, 0.2) is 54.6 Å². The fourth-order valence-corrected chi connectivity index (χ4v) is 3.49. The molecule has 1 heterocycles. The Labute approximate surface area is 178 Å². The van der Waals surface area contributed by atoms with Gasteiger partial charge in [-0.3, -0.25) is 9.59 Å². The Morgan fingerprint density at radius 3 is 2.23 bits per heavy atom. The molecule has 1 saturated heterocycles. The number of piperidine rings is 1. The molecule has 1 aliphatic rings. The standard InChI is InChI=1S/C24H30N2O4/c1-2-6-19-9-11-22(12-10-19)29-17-23(27)25-20-13-15-26(16-14-20)24(28)18-30-21-7-4-3-5-8-21/h3-5,7-12,20H,2,6,13-18H2,1H3,(H,25,27). The van der Waals surface area contributed by atoms with Gasteiger partial charge in [-0.25, -0.2) is 0 Å². The summed E-state index contributed by atoms with van der Waals surface area (Å²) < 4.78 is 11.1. The van der Waals surface area contributed by atoms with Crippen LogP contribution in [0.25, 0.3) is 0 Å². The maximum atomic E-state index is 12.3. The van der Waals surface area contributed by atoms with Crippen LogP contribution in [0, 0.1) is 0 Å². The fourth-order valence-electron chi connectivity index (χ4n) is 3.49. The summed E-state index contributed by atoms with van der Waals surface area (Å²) in [6.07, 6.45) is 3.61. The molecule has 2 amide bonds. The lowest BCUT2D eigenvalue weighted by atomic mass is 10.1. The number of carbonyl (C=O) groups excluding carboxylic acids is 2. The second-order valence-corrected chi connectivity index (χ2v) is 7.51. The van der Waals surface area contributed by atoms with E-state index in [9.17, 15) is 9.59 Å². The molecule has 0 saturated carbocycles. The van der Waals surface area contributed by atoms with Gasteiger partial charge in [-0.15, -0.1) is 0 Å². The van der Waals surface area contributed by atoms with E-state index >= 15 is 0 Å². The molecule has 1 N–H and O–H groups in total. The number of nitrogens with zero attached hydrogens (tertiary/aromatic N) is 1. The van der Waals surface area contributed by atoms with Crippen molar-refractivity contribution in [3.8, 4) is 11.5 Å². The molecule has 3 rings (SSSR count). The number of benzene rings is 2. The van der Waals surface area contributed by atoms with Crippen molar-refractivity contribution >= 4 is 11.8 Å². The minimum absolute atomic E-state index is 0.00279. The summed E-state index contributed by atoms with van der Waals surface area (Å²) in [4.78, 5) is 26.3. The molecule has 0 radical (unpaired) electrons. The number of aryl methyl sites for hydroxylation is 1. The predicted octanol–water partition coefficient (Wildman–Crippen LogP) is 3.20. The molecule has 6 heteroatoms. The van der Waals surface area contributed by atoms with E-state index in [1.165, 1.54) is 5.56 Å². The first-order valence-corrected chi connectivity index (χ1v) is 10.6. The fraction of sp³-hybridized carbons (Fsp3) is 0.417. The van der Waals surface area contributed by atoms with E-state index in [1.54, 1.807) is 4.90 Å². The van der Waals surface area contributed by atoms with Crippen LogP contribution in [0.2, 0.25) is 0 Å². The Hall–Kier alpha value is -3.02. The van der Waals surface area contributed by atoms with Gasteiger partial charge in [0.1, 0.15) is 11.5 Å². The minimum Gasteiger partial charge on any atom is -0.484 e. The predicted molar refractivity (Wildman–Crippen MR) is 116 cm³/mol. The van der Waals surface area contributed by atoms with Crippen molar-refractivity contribution in [2.24, 2.45) is 0 Å². The number of amides is 2. The van der Waals surface area contributed by atoms with Crippen LogP contribution in [0.4, 0.5) is 0 Å². The van der Waals surface area contributed by atoms with Crippen molar-refractivity contribution in [2.45, 2.75) is 38.6 Å². The molecule has 6 nitrogen and oxygen atoms in total. The summed E-state index contributed by atoms with van der Waals surface area (Å²) in [5.74, 6) is 1.22. The van der Waals surface area contributed by atoms with Crippen LogP contribution in [0.5, 0.6) is 11.5 Å². The van der Waals surface area contributed by atoms with Crippen molar-refractivity contribution in [2.75, 3.05) is 26.3 Å². The van der Waals surface area contributed by atoms with Crippen molar-refractivity contribution in [3.63, 3.8) is 0 Å². The molecule has 1 fully saturated rings. The van der Waals surface area contributed by atoms with Gasteiger partial charge >= 0.3 is 0 Å². The normalized spacial score (nSPS) is 14.2. The highest BCUT2D eigenvalue weighted by Crippen LogP contribution is 2.14. The largest absolute Gasteiger partial charge is 0.484 e. The van der Waals surface area contributed by atoms with Gasteiger partial charge < -0.3 is 19.7 Å². The van der Waals surface area contributed by atoms with E-state index in [4.69, 9.17) is 9.47 Å². The second-order valence-electron chi connectivity index (χ2n) is 7.51. The van der Waals surface area contributed by atoms with Crippen LogP contribution in [-0.4, -0.2) is 49.1 Å². The average Bonchev–Trinajstić information content (AvgIpc) is 2.78. The van der Waals surface area contributed by atoms with Gasteiger partial charge in [0, 0.05) is 19.1 Å². The number of carbonyl (C=O) groups is 2. The summed E-state index contributed by atoms with van der Waals surface area (Å²) in [5.41, 5.74) is 1.27. The molecule has 0 atom stereocenters. The average molecular weight is 411 g/mol. The molecule has 30 heavy (non-hydrogen) atoms. The molecule has 0 aromatic heterocycles. The maximum Gasteiger partial charge on any atom is 0.260 e. The topological polar surface area (TPSA) is 67.9 Å². The third-order valence-electron chi connectivity index (χ3n) is 5.15. The zero-order valence-corrected chi connectivity index (χ0v) is 17.5. The number of hydrogen-bond donors (Lipinski definition) is 1. The Morgan fingerprint density at radius 2 is 1.57 bits per heavy atom. The van der Waals surface area contributed by atoms with Crippen molar-refractivity contribution < 1.29 is 19.1 Å². The number of nitrogens with one attached hydrogen (secondary N) is 1. The molecule has 2 aromatic carbocycles. The first kappa shape index (κ1) is 21.7. The highest BCUT2D eigenvalue weighted by atomic mass is 16.5. The summed E-state index contributed by atoms with van der Waals surface area (Å²) in [6, 6.07) is 17.2. The van der Waals surface area contributed by atoms with Crippen molar-refractivity contribution in [1.82, 2.24) is 10.2 Å². The molecule has 0 spiro atoms. The summed E-state index contributed by atoms with van der Waals surface area (Å²) in [7, 11) is 0. The number of ether oxygens (including phenoxy) is 2. The Morgan fingerprint density at radius 1 is 0.933 bits per heavy atom. The molecule has 1 aliphatic heterocycles. The van der Waals surface area contributed by atoms with Gasteiger partial charge in [0.15, 0.2) is 13.2 Å². The van der Waals surface area contributed by atoms with E-state index in [0.29, 0.717) is 24.6 Å². The van der Waals surface area contributed by atoms with Gasteiger partial charge in [0.25, 0.3) is 11.8 Å². The van der Waals surface area contributed by atoms with Crippen LogP contribution < -0.4 is 14.8 Å². The van der Waals surface area contributed by atoms with E-state index in [0.717, 1.165) is 25.7 Å². The first-order chi connectivity index (χ1) is 14.6. The van der Waals surface area contributed by atoms with E-state index in [-0.39, 0.29) is 31.1 Å². The number of hydrogen-bond acceptors (Lipinski definition) is 4. The van der Waals surface area contributed by atoms with Gasteiger partial charge in [-0.05, 0) is 49.1 Å². The van der Waals surface area contributed by atoms with Gasteiger partial charge in [-0.1, -0.05) is 43.7 Å². The zero-order valence-electron chi connectivity index (χ0n) is 17.5. The quantitative estimate of drug-likeness (QED) is 0.689. The van der Waals surface area contributed by atoms with E-state index in [1.807, 2.05) is 54.6 Å². The summed E-state index contributed by atoms with van der Waals surface area (Å²) >= 11 is 0. The maximum absolute atomic E-state index is 12.3. The second kappa shape index (κ2) is 11.2. The van der Waals surface area contributed by atoms with E-state index < -0.39 is 0 Å². The third-order valence-corrected chi connectivity index (χ3v) is 5.15. The van der Waals surface area contributed by atoms with Gasteiger partial charge in [0.2, 0.25) is 0 Å². The van der Waals surface area contributed by atoms with E-state index in [2.05, 4.69) is 12.2 Å². The molecule has 160 valence electrons. The van der Waals surface area contributed by atoms with Crippen molar-refractivity contribution in [3.05, 3.63) is 60.2 Å².